The molecule has 0 amide bonds. The SMILES string of the molecule is CNc1cc(C)c2n[nH]c(C3CC3)c2c1. The third-order valence-corrected chi connectivity index (χ3v) is 3.15. The van der Waals surface area contributed by atoms with Gasteiger partial charge in [0.05, 0.1) is 5.52 Å². The van der Waals surface area contributed by atoms with E-state index in [1.165, 1.54) is 35.2 Å². The molecule has 1 aromatic carbocycles. The maximum absolute atomic E-state index is 4.40. The minimum Gasteiger partial charge on any atom is -0.388 e. The first-order valence-corrected chi connectivity index (χ1v) is 5.46. The molecular weight excluding hydrogens is 186 g/mol. The van der Waals surface area contributed by atoms with Crippen LogP contribution in [0.1, 0.15) is 30.0 Å². The summed E-state index contributed by atoms with van der Waals surface area (Å²) in [5.41, 5.74) is 4.85. The number of hydrogen-bond acceptors (Lipinski definition) is 2. The number of H-pyrrole nitrogens is 1. The van der Waals surface area contributed by atoms with Gasteiger partial charge in [0.25, 0.3) is 0 Å². The summed E-state index contributed by atoms with van der Waals surface area (Å²) in [5, 5.41) is 12.1. The van der Waals surface area contributed by atoms with Crippen LogP contribution >= 0.6 is 0 Å². The van der Waals surface area contributed by atoms with Gasteiger partial charge in [-0.25, -0.2) is 0 Å². The van der Waals surface area contributed by atoms with Crippen LogP contribution in [0.4, 0.5) is 5.69 Å². The second kappa shape index (κ2) is 2.99. The average Bonchev–Trinajstić information content (AvgIpc) is 2.99. The van der Waals surface area contributed by atoms with Crippen LogP contribution in [0.2, 0.25) is 0 Å². The summed E-state index contributed by atoms with van der Waals surface area (Å²) in [6.07, 6.45) is 2.61. The van der Waals surface area contributed by atoms with Crippen LogP contribution < -0.4 is 5.32 Å². The van der Waals surface area contributed by atoms with Gasteiger partial charge in [-0.15, -0.1) is 0 Å². The van der Waals surface area contributed by atoms with Gasteiger partial charge < -0.3 is 5.32 Å². The van der Waals surface area contributed by atoms with E-state index in [2.05, 4.69) is 34.6 Å². The Morgan fingerprint density at radius 2 is 2.20 bits per heavy atom. The van der Waals surface area contributed by atoms with Crippen molar-refractivity contribution in [3.8, 4) is 0 Å². The molecule has 1 aromatic heterocycles. The van der Waals surface area contributed by atoms with Crippen molar-refractivity contribution in [3.05, 3.63) is 23.4 Å². The van der Waals surface area contributed by atoms with Crippen LogP contribution in [0.15, 0.2) is 12.1 Å². The minimum absolute atomic E-state index is 0.724. The Morgan fingerprint density at radius 3 is 2.87 bits per heavy atom. The standard InChI is InChI=1S/C12H15N3/c1-7-5-9(13-2)6-10-11(7)14-15-12(10)8-3-4-8/h5-6,8,13H,3-4H2,1-2H3,(H,14,15). The van der Waals surface area contributed by atoms with Crippen LogP contribution in [0.3, 0.4) is 0 Å². The molecule has 2 aromatic rings. The second-order valence-corrected chi connectivity index (χ2v) is 4.35. The van der Waals surface area contributed by atoms with E-state index in [-0.39, 0.29) is 0 Å². The molecule has 0 bridgehead atoms. The van der Waals surface area contributed by atoms with Gasteiger partial charge in [0.2, 0.25) is 0 Å². The van der Waals surface area contributed by atoms with Crippen molar-refractivity contribution in [2.75, 3.05) is 12.4 Å². The molecular formula is C12H15N3. The molecule has 3 nitrogen and oxygen atoms in total. The lowest BCUT2D eigenvalue weighted by molar-refractivity contribution is 0.977. The molecule has 0 saturated heterocycles. The molecule has 1 fully saturated rings. The second-order valence-electron chi connectivity index (χ2n) is 4.35. The van der Waals surface area contributed by atoms with E-state index in [4.69, 9.17) is 0 Å². The Kier molecular flexibility index (Phi) is 1.75. The number of aryl methyl sites for hydroxylation is 1. The van der Waals surface area contributed by atoms with E-state index < -0.39 is 0 Å². The molecule has 0 aliphatic heterocycles. The molecule has 0 atom stereocenters. The number of nitrogens with one attached hydrogen (secondary N) is 2. The number of hydrogen-bond donors (Lipinski definition) is 2. The highest BCUT2D eigenvalue weighted by Gasteiger charge is 2.27. The molecule has 0 unspecified atom stereocenters. The number of anilines is 1. The van der Waals surface area contributed by atoms with Gasteiger partial charge in [-0.05, 0) is 37.5 Å². The van der Waals surface area contributed by atoms with Crippen LogP contribution in [0, 0.1) is 6.92 Å². The third kappa shape index (κ3) is 1.30. The number of fused-ring (bicyclic) bond motifs is 1. The maximum atomic E-state index is 4.40. The number of benzene rings is 1. The van der Waals surface area contributed by atoms with Crippen molar-refractivity contribution in [2.45, 2.75) is 25.7 Å². The highest BCUT2D eigenvalue weighted by Crippen LogP contribution is 2.42. The molecule has 2 N–H and O–H groups in total. The van der Waals surface area contributed by atoms with E-state index in [9.17, 15) is 0 Å². The largest absolute Gasteiger partial charge is 0.388 e. The van der Waals surface area contributed by atoms with Crippen molar-refractivity contribution in [2.24, 2.45) is 0 Å². The quantitative estimate of drug-likeness (QED) is 0.784. The lowest BCUT2D eigenvalue weighted by Crippen LogP contribution is -1.89. The minimum atomic E-state index is 0.724. The molecule has 1 aliphatic rings. The number of nitrogens with zero attached hydrogens (tertiary/aromatic N) is 1. The third-order valence-electron chi connectivity index (χ3n) is 3.15. The molecule has 0 spiro atoms. The molecule has 1 saturated carbocycles. The van der Waals surface area contributed by atoms with Gasteiger partial charge in [0, 0.05) is 29.7 Å². The Morgan fingerprint density at radius 1 is 1.40 bits per heavy atom. The van der Waals surface area contributed by atoms with Crippen LogP contribution in [0.25, 0.3) is 10.9 Å². The summed E-state index contributed by atoms with van der Waals surface area (Å²) in [6.45, 7) is 2.11. The van der Waals surface area contributed by atoms with Crippen molar-refractivity contribution in [1.82, 2.24) is 10.2 Å². The summed E-state index contributed by atoms with van der Waals surface area (Å²) in [6, 6.07) is 4.33. The zero-order chi connectivity index (χ0) is 10.4. The smallest absolute Gasteiger partial charge is 0.0954 e. The van der Waals surface area contributed by atoms with E-state index in [0.717, 1.165) is 11.4 Å². The van der Waals surface area contributed by atoms with Crippen LogP contribution in [0.5, 0.6) is 0 Å². The molecule has 0 radical (unpaired) electrons. The van der Waals surface area contributed by atoms with E-state index in [1.54, 1.807) is 0 Å². The van der Waals surface area contributed by atoms with Gasteiger partial charge in [0.15, 0.2) is 0 Å². The summed E-state index contributed by atoms with van der Waals surface area (Å²) >= 11 is 0. The molecule has 78 valence electrons. The summed E-state index contributed by atoms with van der Waals surface area (Å²) < 4.78 is 0. The Bertz CT molecular complexity index is 509. The van der Waals surface area contributed by atoms with E-state index in [1.807, 2.05) is 7.05 Å². The zero-order valence-electron chi connectivity index (χ0n) is 9.09. The fourth-order valence-corrected chi connectivity index (χ4v) is 2.14. The highest BCUT2D eigenvalue weighted by molar-refractivity contribution is 5.88. The van der Waals surface area contributed by atoms with Crippen molar-refractivity contribution in [1.29, 1.82) is 0 Å². The van der Waals surface area contributed by atoms with Gasteiger partial charge >= 0.3 is 0 Å². The molecule has 1 aliphatic carbocycles. The first-order chi connectivity index (χ1) is 7.29. The molecule has 1 heterocycles. The first-order valence-electron chi connectivity index (χ1n) is 5.46. The summed E-state index contributed by atoms with van der Waals surface area (Å²) in [7, 11) is 1.96. The lowest BCUT2D eigenvalue weighted by atomic mass is 10.1. The number of aromatic amines is 1. The van der Waals surface area contributed by atoms with Crippen molar-refractivity contribution >= 4 is 16.6 Å². The van der Waals surface area contributed by atoms with Crippen molar-refractivity contribution < 1.29 is 0 Å². The fraction of sp³-hybridized carbons (Fsp3) is 0.417. The Labute approximate surface area is 88.9 Å². The number of rotatable bonds is 2. The maximum Gasteiger partial charge on any atom is 0.0954 e. The summed E-state index contributed by atoms with van der Waals surface area (Å²) in [5.74, 6) is 0.724. The lowest BCUT2D eigenvalue weighted by Gasteiger charge is -2.03. The molecule has 3 heteroatoms. The van der Waals surface area contributed by atoms with Gasteiger partial charge in [0.1, 0.15) is 0 Å². The predicted molar refractivity (Wildman–Crippen MR) is 62.4 cm³/mol. The summed E-state index contributed by atoms with van der Waals surface area (Å²) in [4.78, 5) is 0. The predicted octanol–water partition coefficient (Wildman–Crippen LogP) is 2.79. The zero-order valence-corrected chi connectivity index (χ0v) is 9.09. The fourth-order valence-electron chi connectivity index (χ4n) is 2.14. The van der Waals surface area contributed by atoms with Crippen LogP contribution in [-0.4, -0.2) is 17.2 Å². The van der Waals surface area contributed by atoms with Crippen molar-refractivity contribution in [3.63, 3.8) is 0 Å². The molecule has 15 heavy (non-hydrogen) atoms. The van der Waals surface area contributed by atoms with E-state index >= 15 is 0 Å². The highest BCUT2D eigenvalue weighted by atomic mass is 15.1. The van der Waals surface area contributed by atoms with E-state index in [0.29, 0.717) is 0 Å². The monoisotopic (exact) mass is 201 g/mol. The molecule has 3 rings (SSSR count). The Balaban J connectivity index is 2.26. The average molecular weight is 201 g/mol. The first kappa shape index (κ1) is 8.77. The number of aromatic nitrogens is 2. The van der Waals surface area contributed by atoms with Gasteiger partial charge in [-0.2, -0.15) is 5.10 Å². The normalized spacial score (nSPS) is 15.9. The van der Waals surface area contributed by atoms with Crippen LogP contribution in [-0.2, 0) is 0 Å². The van der Waals surface area contributed by atoms with Gasteiger partial charge in [-0.1, -0.05) is 0 Å². The Hall–Kier alpha value is -1.51. The topological polar surface area (TPSA) is 40.7 Å². The van der Waals surface area contributed by atoms with Gasteiger partial charge in [-0.3, -0.25) is 5.10 Å².